The summed E-state index contributed by atoms with van der Waals surface area (Å²) in [5.41, 5.74) is -0.402. The molecule has 0 fully saturated rings. The number of methoxy groups -OCH3 is 1. The van der Waals surface area contributed by atoms with Gasteiger partial charge in [-0.15, -0.1) is 0 Å². The molecule has 126 valence electrons. The molecule has 5 nitrogen and oxygen atoms in total. The Bertz CT molecular complexity index is 610. The number of esters is 2. The summed E-state index contributed by atoms with van der Waals surface area (Å²) in [6.07, 6.45) is -1.40. The zero-order chi connectivity index (χ0) is 17.7. The minimum atomic E-state index is -3.28. The van der Waals surface area contributed by atoms with Gasteiger partial charge in [0.25, 0.3) is 0 Å². The standard InChI is InChI=1S/C14H12ClF3O5/c1-6(13(20)21-3)11(22-7(2)19)8-4-9(15)12(10(16)5-8)23-14(17)18/h4-5,11,14H,1H2,2-3H3. The number of halogens is 4. The summed E-state index contributed by atoms with van der Waals surface area (Å²) in [5, 5.41) is -0.491. The third-order valence-corrected chi connectivity index (χ3v) is 2.86. The molecule has 1 rings (SSSR count). The monoisotopic (exact) mass is 352 g/mol. The molecule has 9 heteroatoms. The summed E-state index contributed by atoms with van der Waals surface area (Å²) >= 11 is 5.69. The van der Waals surface area contributed by atoms with Gasteiger partial charge in [-0.25, -0.2) is 9.18 Å². The Morgan fingerprint density at radius 2 is 1.91 bits per heavy atom. The van der Waals surface area contributed by atoms with E-state index in [9.17, 15) is 22.8 Å². The second-order valence-corrected chi connectivity index (χ2v) is 4.61. The minimum absolute atomic E-state index is 0.0975. The summed E-state index contributed by atoms with van der Waals surface area (Å²) in [6.45, 7) is 1.20. The highest BCUT2D eigenvalue weighted by atomic mass is 35.5. The number of hydrogen-bond donors (Lipinski definition) is 0. The molecular formula is C14H12ClF3O5. The molecule has 1 unspecified atom stereocenters. The number of carbonyl (C=O) groups is 2. The van der Waals surface area contributed by atoms with E-state index in [-0.39, 0.29) is 11.1 Å². The zero-order valence-electron chi connectivity index (χ0n) is 12.1. The highest BCUT2D eigenvalue weighted by Gasteiger charge is 2.27. The van der Waals surface area contributed by atoms with Gasteiger partial charge in [0.05, 0.1) is 17.7 Å². The van der Waals surface area contributed by atoms with Crippen molar-refractivity contribution in [1.82, 2.24) is 0 Å². The van der Waals surface area contributed by atoms with Crippen LogP contribution >= 0.6 is 11.6 Å². The molecule has 0 heterocycles. The maximum atomic E-state index is 13.9. The van der Waals surface area contributed by atoms with Crippen LogP contribution in [0.4, 0.5) is 13.2 Å². The van der Waals surface area contributed by atoms with Gasteiger partial charge in [0.2, 0.25) is 0 Å². The van der Waals surface area contributed by atoms with Crippen LogP contribution in [0.5, 0.6) is 5.75 Å². The third-order valence-electron chi connectivity index (χ3n) is 2.58. The van der Waals surface area contributed by atoms with Crippen LogP contribution in [0.1, 0.15) is 18.6 Å². The molecule has 0 radical (unpaired) electrons. The molecular weight excluding hydrogens is 341 g/mol. The highest BCUT2D eigenvalue weighted by Crippen LogP contribution is 2.35. The fraction of sp³-hybridized carbons (Fsp3) is 0.286. The summed E-state index contributed by atoms with van der Waals surface area (Å²) in [7, 11) is 1.07. The summed E-state index contributed by atoms with van der Waals surface area (Å²) in [6, 6.07) is 1.76. The van der Waals surface area contributed by atoms with Gasteiger partial charge < -0.3 is 14.2 Å². The first kappa shape index (κ1) is 18.8. The third kappa shape index (κ3) is 4.88. The van der Waals surface area contributed by atoms with Crippen LogP contribution in [0.3, 0.4) is 0 Å². The normalized spacial score (nSPS) is 11.8. The predicted octanol–water partition coefficient (Wildman–Crippen LogP) is 3.41. The molecule has 0 saturated carbocycles. The van der Waals surface area contributed by atoms with Gasteiger partial charge in [-0.3, -0.25) is 4.79 Å². The highest BCUT2D eigenvalue weighted by molar-refractivity contribution is 6.32. The van der Waals surface area contributed by atoms with Gasteiger partial charge >= 0.3 is 18.6 Å². The number of ether oxygens (including phenoxy) is 3. The van der Waals surface area contributed by atoms with Gasteiger partial charge in [-0.1, -0.05) is 18.2 Å². The largest absolute Gasteiger partial charge is 0.466 e. The number of hydrogen-bond acceptors (Lipinski definition) is 5. The molecule has 0 bridgehead atoms. The van der Waals surface area contributed by atoms with Crippen LogP contribution in [0, 0.1) is 5.82 Å². The van der Waals surface area contributed by atoms with Gasteiger partial charge in [0.15, 0.2) is 17.7 Å². The Morgan fingerprint density at radius 1 is 1.30 bits per heavy atom. The Kier molecular flexibility index (Phi) is 6.44. The van der Waals surface area contributed by atoms with Crippen molar-refractivity contribution in [2.75, 3.05) is 7.11 Å². The van der Waals surface area contributed by atoms with E-state index < -0.39 is 41.2 Å². The molecule has 23 heavy (non-hydrogen) atoms. The zero-order valence-corrected chi connectivity index (χ0v) is 12.8. The van der Waals surface area contributed by atoms with Crippen LogP contribution < -0.4 is 4.74 Å². The molecule has 0 aliphatic rings. The lowest BCUT2D eigenvalue weighted by molar-refractivity contribution is -0.147. The Balaban J connectivity index is 3.29. The van der Waals surface area contributed by atoms with E-state index in [1.54, 1.807) is 0 Å². The quantitative estimate of drug-likeness (QED) is 0.580. The van der Waals surface area contributed by atoms with Crippen molar-refractivity contribution < 1.29 is 37.0 Å². The van der Waals surface area contributed by atoms with Gasteiger partial charge in [0.1, 0.15) is 0 Å². The molecule has 1 atom stereocenters. The van der Waals surface area contributed by atoms with Crippen molar-refractivity contribution in [1.29, 1.82) is 0 Å². The van der Waals surface area contributed by atoms with Crippen molar-refractivity contribution in [2.24, 2.45) is 0 Å². The average Bonchev–Trinajstić information content (AvgIpc) is 2.46. The van der Waals surface area contributed by atoms with Crippen molar-refractivity contribution in [3.8, 4) is 5.75 Å². The minimum Gasteiger partial charge on any atom is -0.466 e. The van der Waals surface area contributed by atoms with Gasteiger partial charge in [-0.05, 0) is 12.1 Å². The number of carbonyl (C=O) groups excluding carboxylic acids is 2. The van der Waals surface area contributed by atoms with Gasteiger partial charge in [-0.2, -0.15) is 8.78 Å². The molecule has 0 spiro atoms. The molecule has 0 aliphatic carbocycles. The molecule has 0 aliphatic heterocycles. The lowest BCUT2D eigenvalue weighted by atomic mass is 10.0. The van der Waals surface area contributed by atoms with Crippen LogP contribution in [0.15, 0.2) is 24.3 Å². The van der Waals surface area contributed by atoms with Crippen molar-refractivity contribution in [3.05, 3.63) is 40.7 Å². The number of benzene rings is 1. The molecule has 0 aromatic heterocycles. The van der Waals surface area contributed by atoms with Crippen LogP contribution in [-0.4, -0.2) is 25.7 Å². The van der Waals surface area contributed by atoms with E-state index in [1.165, 1.54) is 0 Å². The molecule has 0 amide bonds. The van der Waals surface area contributed by atoms with E-state index in [1.807, 2.05) is 0 Å². The maximum absolute atomic E-state index is 13.9. The molecule has 0 N–H and O–H groups in total. The predicted molar refractivity (Wildman–Crippen MR) is 73.7 cm³/mol. The smallest absolute Gasteiger partial charge is 0.387 e. The first-order chi connectivity index (χ1) is 10.7. The Hall–Kier alpha value is -2.22. The fourth-order valence-corrected chi connectivity index (χ4v) is 1.94. The van der Waals surface area contributed by atoms with Crippen molar-refractivity contribution in [2.45, 2.75) is 19.6 Å². The van der Waals surface area contributed by atoms with Crippen LogP contribution in [0.25, 0.3) is 0 Å². The van der Waals surface area contributed by atoms with E-state index in [2.05, 4.69) is 16.1 Å². The first-order valence-electron chi connectivity index (χ1n) is 6.05. The number of rotatable bonds is 6. The summed E-state index contributed by atoms with van der Waals surface area (Å²) < 4.78 is 51.6. The summed E-state index contributed by atoms with van der Waals surface area (Å²) in [4.78, 5) is 22.7. The molecule has 1 aromatic rings. The average molecular weight is 353 g/mol. The van der Waals surface area contributed by atoms with Crippen molar-refractivity contribution >= 4 is 23.5 Å². The van der Waals surface area contributed by atoms with Crippen LogP contribution in [-0.2, 0) is 19.1 Å². The topological polar surface area (TPSA) is 61.8 Å². The lowest BCUT2D eigenvalue weighted by Crippen LogP contribution is -2.18. The van der Waals surface area contributed by atoms with E-state index in [0.717, 1.165) is 26.2 Å². The Labute approximate surface area is 134 Å². The second kappa shape index (κ2) is 7.87. The van der Waals surface area contributed by atoms with Crippen molar-refractivity contribution in [3.63, 3.8) is 0 Å². The fourth-order valence-electron chi connectivity index (χ4n) is 1.68. The maximum Gasteiger partial charge on any atom is 0.387 e. The number of alkyl halides is 2. The lowest BCUT2D eigenvalue weighted by Gasteiger charge is -2.19. The summed E-state index contributed by atoms with van der Waals surface area (Å²) in [5.74, 6) is -3.77. The SMILES string of the molecule is C=C(C(=O)OC)C(OC(C)=O)c1cc(F)c(OC(F)F)c(Cl)c1. The van der Waals surface area contributed by atoms with E-state index in [4.69, 9.17) is 16.3 Å². The molecule has 1 aromatic carbocycles. The first-order valence-corrected chi connectivity index (χ1v) is 6.43. The van der Waals surface area contributed by atoms with E-state index in [0.29, 0.717) is 0 Å². The second-order valence-electron chi connectivity index (χ2n) is 4.20. The Morgan fingerprint density at radius 3 is 2.35 bits per heavy atom. The van der Waals surface area contributed by atoms with E-state index >= 15 is 0 Å². The van der Waals surface area contributed by atoms with Crippen LogP contribution in [0.2, 0.25) is 5.02 Å². The van der Waals surface area contributed by atoms with Gasteiger partial charge in [0, 0.05) is 12.5 Å². The molecule has 0 saturated heterocycles.